The van der Waals surface area contributed by atoms with Crippen molar-refractivity contribution in [2.75, 3.05) is 11.6 Å². The number of nitrogens with zero attached hydrogens (tertiary/aromatic N) is 2. The number of hydrogen-bond acceptors (Lipinski definition) is 6. The lowest BCUT2D eigenvalue weighted by molar-refractivity contribution is 0.564. The lowest BCUT2D eigenvalue weighted by Gasteiger charge is -2.06. The molecule has 0 aliphatic carbocycles. The van der Waals surface area contributed by atoms with Crippen LogP contribution in [0.5, 0.6) is 0 Å². The Morgan fingerprint density at radius 3 is 2.57 bits per heavy atom. The van der Waals surface area contributed by atoms with Crippen molar-refractivity contribution in [2.24, 2.45) is 0 Å². The molecule has 1 N–H and O–H groups in total. The first-order valence-corrected chi connectivity index (χ1v) is 8.79. The monoisotopic (exact) mass is 329 g/mol. The van der Waals surface area contributed by atoms with E-state index in [9.17, 15) is 8.42 Å². The molecule has 118 valence electrons. The number of hydrogen-bond donors (Lipinski definition) is 1. The summed E-state index contributed by atoms with van der Waals surface area (Å²) in [6.07, 6.45) is 5.94. The lowest BCUT2D eigenvalue weighted by atomic mass is 10.1. The first-order chi connectivity index (χ1) is 11.0. The topological polar surface area (TPSA) is 85.1 Å². The third-order valence-electron chi connectivity index (χ3n) is 3.30. The van der Waals surface area contributed by atoms with Crippen molar-refractivity contribution in [2.45, 2.75) is 11.4 Å². The molecule has 2 aromatic heterocycles. The lowest BCUT2D eigenvalue weighted by Crippen LogP contribution is -2.01. The van der Waals surface area contributed by atoms with Crippen LogP contribution in [0.15, 0.2) is 64.6 Å². The molecule has 0 aliphatic heterocycles. The molecule has 0 saturated heterocycles. The molecular formula is C16H15N3O3S. The van der Waals surface area contributed by atoms with E-state index in [1.165, 1.54) is 12.6 Å². The van der Waals surface area contributed by atoms with Crippen LogP contribution in [0.2, 0.25) is 0 Å². The molecule has 1 aromatic carbocycles. The van der Waals surface area contributed by atoms with E-state index in [2.05, 4.69) is 15.3 Å². The van der Waals surface area contributed by atoms with Gasteiger partial charge in [-0.2, -0.15) is 0 Å². The van der Waals surface area contributed by atoms with Gasteiger partial charge in [0, 0.05) is 30.0 Å². The van der Waals surface area contributed by atoms with E-state index < -0.39 is 9.84 Å². The zero-order valence-corrected chi connectivity index (χ0v) is 13.2. The van der Waals surface area contributed by atoms with Crippen molar-refractivity contribution in [3.8, 4) is 11.3 Å². The number of benzene rings is 1. The van der Waals surface area contributed by atoms with Gasteiger partial charge in [-0.1, -0.05) is 12.1 Å². The van der Waals surface area contributed by atoms with E-state index in [-0.39, 0.29) is 4.90 Å². The summed E-state index contributed by atoms with van der Waals surface area (Å²) in [7, 11) is -3.20. The number of furan rings is 1. The Morgan fingerprint density at radius 1 is 1.13 bits per heavy atom. The predicted octanol–water partition coefficient (Wildman–Crippen LogP) is 2.75. The summed E-state index contributed by atoms with van der Waals surface area (Å²) in [5.74, 6) is 0.684. The number of rotatable bonds is 5. The highest BCUT2D eigenvalue weighted by atomic mass is 32.2. The molecule has 7 heteroatoms. The third-order valence-corrected chi connectivity index (χ3v) is 4.43. The maximum Gasteiger partial charge on any atom is 0.175 e. The number of nitrogens with one attached hydrogen (secondary N) is 1. The molecule has 2 heterocycles. The van der Waals surface area contributed by atoms with Crippen LogP contribution in [0.4, 0.5) is 5.82 Å². The molecule has 6 nitrogen and oxygen atoms in total. The molecule has 0 fully saturated rings. The summed E-state index contributed by atoms with van der Waals surface area (Å²) in [5, 5.41) is 3.19. The first kappa shape index (κ1) is 15.2. The average Bonchev–Trinajstić information content (AvgIpc) is 3.06. The van der Waals surface area contributed by atoms with E-state index in [1.807, 2.05) is 12.1 Å². The van der Waals surface area contributed by atoms with Crippen LogP contribution in [0.25, 0.3) is 11.3 Å². The van der Waals surface area contributed by atoms with Gasteiger partial charge < -0.3 is 9.73 Å². The van der Waals surface area contributed by atoms with Gasteiger partial charge in [-0.15, -0.1) is 0 Å². The zero-order valence-electron chi connectivity index (χ0n) is 12.4. The van der Waals surface area contributed by atoms with Crippen LogP contribution < -0.4 is 5.32 Å². The summed E-state index contributed by atoms with van der Waals surface area (Å²) in [6.45, 7) is 0.597. The smallest absolute Gasteiger partial charge is 0.175 e. The predicted molar refractivity (Wildman–Crippen MR) is 86.6 cm³/mol. The van der Waals surface area contributed by atoms with Crippen molar-refractivity contribution >= 4 is 15.7 Å². The molecule has 3 rings (SSSR count). The van der Waals surface area contributed by atoms with Gasteiger partial charge in [0.2, 0.25) is 0 Å². The molecule has 23 heavy (non-hydrogen) atoms. The standard InChI is InChI=1S/C16H15N3O3S/c1-23(20,21)14-4-2-13(3-5-14)15-8-16(19-11-18-15)17-9-12-6-7-22-10-12/h2-8,10-11H,9H2,1H3,(H,17,18,19). The minimum atomic E-state index is -3.20. The third kappa shape index (κ3) is 3.75. The van der Waals surface area contributed by atoms with E-state index in [4.69, 9.17) is 4.42 Å². The SMILES string of the molecule is CS(=O)(=O)c1ccc(-c2cc(NCc3ccoc3)ncn2)cc1. The van der Waals surface area contributed by atoms with Crippen LogP contribution in [0, 0.1) is 0 Å². The van der Waals surface area contributed by atoms with Crippen molar-refractivity contribution in [3.63, 3.8) is 0 Å². The molecule has 0 bridgehead atoms. The van der Waals surface area contributed by atoms with Crippen LogP contribution in [0.3, 0.4) is 0 Å². The highest BCUT2D eigenvalue weighted by Gasteiger charge is 2.08. The second-order valence-corrected chi connectivity index (χ2v) is 7.09. The summed E-state index contributed by atoms with van der Waals surface area (Å²) >= 11 is 0. The zero-order chi connectivity index (χ0) is 16.3. The maximum absolute atomic E-state index is 11.5. The minimum absolute atomic E-state index is 0.286. The molecule has 0 saturated carbocycles. The van der Waals surface area contributed by atoms with E-state index in [1.54, 1.807) is 36.8 Å². The number of anilines is 1. The Balaban J connectivity index is 1.79. The second kappa shape index (κ2) is 6.21. The molecular weight excluding hydrogens is 314 g/mol. The van der Waals surface area contributed by atoms with Gasteiger partial charge in [-0.05, 0) is 18.2 Å². The van der Waals surface area contributed by atoms with E-state index in [0.29, 0.717) is 12.4 Å². The van der Waals surface area contributed by atoms with Crippen molar-refractivity contribution in [1.29, 1.82) is 0 Å². The summed E-state index contributed by atoms with van der Waals surface area (Å²) < 4.78 is 28.0. The van der Waals surface area contributed by atoms with Gasteiger partial charge in [-0.3, -0.25) is 0 Å². The van der Waals surface area contributed by atoms with E-state index in [0.717, 1.165) is 16.8 Å². The van der Waals surface area contributed by atoms with Gasteiger partial charge in [0.05, 0.1) is 23.1 Å². The fourth-order valence-electron chi connectivity index (χ4n) is 2.07. The summed E-state index contributed by atoms with van der Waals surface area (Å²) in [4.78, 5) is 8.69. The van der Waals surface area contributed by atoms with Gasteiger partial charge in [-0.25, -0.2) is 18.4 Å². The quantitative estimate of drug-likeness (QED) is 0.775. The molecule has 0 aliphatic rings. The maximum atomic E-state index is 11.5. The normalized spacial score (nSPS) is 11.3. The largest absolute Gasteiger partial charge is 0.472 e. The van der Waals surface area contributed by atoms with Gasteiger partial charge >= 0.3 is 0 Å². The Morgan fingerprint density at radius 2 is 1.91 bits per heavy atom. The Hall–Kier alpha value is -2.67. The molecule has 3 aromatic rings. The summed E-state index contributed by atoms with van der Waals surface area (Å²) in [5.41, 5.74) is 2.56. The van der Waals surface area contributed by atoms with Gasteiger partial charge in [0.25, 0.3) is 0 Å². The van der Waals surface area contributed by atoms with Gasteiger partial charge in [0.1, 0.15) is 12.1 Å². The molecule has 0 amide bonds. The van der Waals surface area contributed by atoms with Crippen LogP contribution in [-0.4, -0.2) is 24.6 Å². The van der Waals surface area contributed by atoms with E-state index >= 15 is 0 Å². The van der Waals surface area contributed by atoms with Crippen LogP contribution in [-0.2, 0) is 16.4 Å². The molecule has 0 atom stereocenters. The highest BCUT2D eigenvalue weighted by Crippen LogP contribution is 2.21. The summed E-state index contributed by atoms with van der Waals surface area (Å²) in [6, 6.07) is 10.3. The number of aromatic nitrogens is 2. The van der Waals surface area contributed by atoms with Gasteiger partial charge in [0.15, 0.2) is 9.84 Å². The van der Waals surface area contributed by atoms with Crippen LogP contribution >= 0.6 is 0 Å². The van der Waals surface area contributed by atoms with Crippen molar-refractivity contribution in [1.82, 2.24) is 9.97 Å². The molecule has 0 spiro atoms. The minimum Gasteiger partial charge on any atom is -0.472 e. The average molecular weight is 329 g/mol. The second-order valence-electron chi connectivity index (χ2n) is 5.07. The highest BCUT2D eigenvalue weighted by molar-refractivity contribution is 7.90. The fraction of sp³-hybridized carbons (Fsp3) is 0.125. The van der Waals surface area contributed by atoms with Crippen LogP contribution in [0.1, 0.15) is 5.56 Å². The Bertz CT molecular complexity index is 889. The first-order valence-electron chi connectivity index (χ1n) is 6.90. The van der Waals surface area contributed by atoms with Crippen molar-refractivity contribution < 1.29 is 12.8 Å². The van der Waals surface area contributed by atoms with Crippen molar-refractivity contribution in [3.05, 3.63) is 60.8 Å². The number of sulfone groups is 1. The Kier molecular flexibility index (Phi) is 4.12. The fourth-order valence-corrected chi connectivity index (χ4v) is 2.70. The molecule has 0 radical (unpaired) electrons. The Labute approximate surface area is 134 Å². The molecule has 0 unspecified atom stereocenters.